The van der Waals surface area contributed by atoms with E-state index >= 15 is 0 Å². The predicted molar refractivity (Wildman–Crippen MR) is 92.0 cm³/mol. The van der Waals surface area contributed by atoms with Gasteiger partial charge in [-0.3, -0.25) is 0 Å². The smallest absolute Gasteiger partial charge is 0.139 e. The Kier molecular flexibility index (Phi) is 4.43. The van der Waals surface area contributed by atoms with E-state index in [0.717, 1.165) is 43.2 Å². The minimum absolute atomic E-state index is 0.489. The molecule has 0 amide bonds. The van der Waals surface area contributed by atoms with Crippen LogP contribution < -0.4 is 10.6 Å². The average Bonchev–Trinajstić information content (AvgIpc) is 2.53. The van der Waals surface area contributed by atoms with E-state index in [1.54, 1.807) is 0 Å². The third-order valence-electron chi connectivity index (χ3n) is 5.04. The molecule has 114 valence electrons. The Morgan fingerprint density at radius 2 is 2.05 bits per heavy atom. The lowest BCUT2D eigenvalue weighted by molar-refractivity contribution is 0.393. The number of pyridine rings is 1. The summed E-state index contributed by atoms with van der Waals surface area (Å²) in [6.45, 7) is 4.46. The van der Waals surface area contributed by atoms with Crippen molar-refractivity contribution in [3.63, 3.8) is 0 Å². The number of anilines is 1. The highest BCUT2D eigenvalue weighted by molar-refractivity contribution is 7.80. The molecule has 0 radical (unpaired) electrons. The van der Waals surface area contributed by atoms with Crippen molar-refractivity contribution >= 4 is 23.0 Å². The van der Waals surface area contributed by atoms with E-state index in [1.165, 1.54) is 43.4 Å². The van der Waals surface area contributed by atoms with Crippen molar-refractivity contribution in [3.05, 3.63) is 22.9 Å². The Balaban J connectivity index is 1.91. The summed E-state index contributed by atoms with van der Waals surface area (Å²) in [4.78, 5) is 7.86. The Hall–Kier alpha value is -1.16. The van der Waals surface area contributed by atoms with Gasteiger partial charge in [0.15, 0.2) is 0 Å². The maximum absolute atomic E-state index is 5.97. The summed E-state index contributed by atoms with van der Waals surface area (Å²) in [6, 6.07) is 2.21. The number of piperidine rings is 1. The van der Waals surface area contributed by atoms with Gasteiger partial charge in [-0.2, -0.15) is 0 Å². The molecule has 4 heteroatoms. The number of aromatic nitrogens is 1. The van der Waals surface area contributed by atoms with Crippen LogP contribution in [0.25, 0.3) is 0 Å². The number of thiocarbonyl (C=S) groups is 1. The highest BCUT2D eigenvalue weighted by Crippen LogP contribution is 2.30. The molecule has 2 aliphatic rings. The SMILES string of the molecule is CCC1CCN(c2nc3c(cc2C(N)=S)CCCC3)CC1. The number of nitrogens with two attached hydrogens (primary N) is 1. The van der Waals surface area contributed by atoms with E-state index < -0.39 is 0 Å². The molecule has 0 bridgehead atoms. The van der Waals surface area contributed by atoms with Gasteiger partial charge in [0.1, 0.15) is 10.8 Å². The molecule has 0 atom stereocenters. The van der Waals surface area contributed by atoms with Crippen LogP contribution in [0.2, 0.25) is 0 Å². The maximum atomic E-state index is 5.97. The van der Waals surface area contributed by atoms with Crippen molar-refractivity contribution in [2.75, 3.05) is 18.0 Å². The molecule has 21 heavy (non-hydrogen) atoms. The lowest BCUT2D eigenvalue weighted by Crippen LogP contribution is -2.36. The van der Waals surface area contributed by atoms with Crippen LogP contribution in [0.3, 0.4) is 0 Å². The van der Waals surface area contributed by atoms with Crippen molar-refractivity contribution in [3.8, 4) is 0 Å². The van der Waals surface area contributed by atoms with Gasteiger partial charge in [0.05, 0.1) is 5.56 Å². The lowest BCUT2D eigenvalue weighted by Gasteiger charge is -2.34. The normalized spacial score (nSPS) is 19.4. The van der Waals surface area contributed by atoms with Gasteiger partial charge in [-0.25, -0.2) is 4.98 Å². The van der Waals surface area contributed by atoms with E-state index in [-0.39, 0.29) is 0 Å². The number of hydrogen-bond donors (Lipinski definition) is 1. The molecule has 1 fully saturated rings. The number of hydrogen-bond acceptors (Lipinski definition) is 3. The highest BCUT2D eigenvalue weighted by Gasteiger charge is 2.24. The largest absolute Gasteiger partial charge is 0.389 e. The van der Waals surface area contributed by atoms with E-state index in [2.05, 4.69) is 17.9 Å². The second kappa shape index (κ2) is 6.30. The molecule has 1 aliphatic carbocycles. The van der Waals surface area contributed by atoms with Crippen molar-refractivity contribution in [2.45, 2.75) is 51.9 Å². The molecule has 0 unspecified atom stereocenters. The first-order chi connectivity index (χ1) is 10.2. The predicted octanol–water partition coefficient (Wildman–Crippen LogP) is 3.22. The summed E-state index contributed by atoms with van der Waals surface area (Å²) >= 11 is 5.28. The molecular weight excluding hydrogens is 278 g/mol. The van der Waals surface area contributed by atoms with Crippen LogP contribution in [-0.4, -0.2) is 23.1 Å². The van der Waals surface area contributed by atoms with Gasteiger partial charge >= 0.3 is 0 Å². The zero-order valence-electron chi connectivity index (χ0n) is 12.9. The van der Waals surface area contributed by atoms with E-state index in [1.807, 2.05) is 0 Å². The third-order valence-corrected chi connectivity index (χ3v) is 5.26. The first-order valence-corrected chi connectivity index (χ1v) is 8.67. The topological polar surface area (TPSA) is 42.2 Å². The lowest BCUT2D eigenvalue weighted by atomic mass is 9.92. The van der Waals surface area contributed by atoms with Gasteiger partial charge in [-0.15, -0.1) is 0 Å². The Morgan fingerprint density at radius 1 is 1.33 bits per heavy atom. The molecule has 1 aliphatic heterocycles. The molecule has 0 aromatic carbocycles. The monoisotopic (exact) mass is 303 g/mol. The van der Waals surface area contributed by atoms with Crippen LogP contribution in [0.5, 0.6) is 0 Å². The number of aryl methyl sites for hydroxylation is 2. The number of rotatable bonds is 3. The standard InChI is InChI=1S/C17H25N3S/c1-2-12-7-9-20(10-8-12)17-14(16(18)21)11-13-5-3-4-6-15(13)19-17/h11-12H,2-10H2,1H3,(H2,18,21). The maximum Gasteiger partial charge on any atom is 0.139 e. The molecule has 2 N–H and O–H groups in total. The summed E-state index contributed by atoms with van der Waals surface area (Å²) in [5.74, 6) is 1.91. The number of nitrogens with zero attached hydrogens (tertiary/aromatic N) is 2. The zero-order chi connectivity index (χ0) is 14.8. The van der Waals surface area contributed by atoms with Crippen molar-refractivity contribution < 1.29 is 0 Å². The molecule has 1 aromatic rings. The van der Waals surface area contributed by atoms with Gasteiger partial charge in [0, 0.05) is 18.8 Å². The van der Waals surface area contributed by atoms with Crippen LogP contribution in [0.1, 0.15) is 55.8 Å². The molecular formula is C17H25N3S. The average molecular weight is 303 g/mol. The second-order valence-corrected chi connectivity index (χ2v) is 6.82. The van der Waals surface area contributed by atoms with Crippen LogP contribution in [0, 0.1) is 5.92 Å². The quantitative estimate of drug-likeness (QED) is 0.871. The van der Waals surface area contributed by atoms with Crippen molar-refractivity contribution in [1.82, 2.24) is 4.98 Å². The fourth-order valence-electron chi connectivity index (χ4n) is 3.60. The molecule has 3 nitrogen and oxygen atoms in total. The Morgan fingerprint density at radius 3 is 2.71 bits per heavy atom. The van der Waals surface area contributed by atoms with Crippen LogP contribution in [0.4, 0.5) is 5.82 Å². The highest BCUT2D eigenvalue weighted by atomic mass is 32.1. The zero-order valence-corrected chi connectivity index (χ0v) is 13.7. The second-order valence-electron chi connectivity index (χ2n) is 6.38. The Labute approximate surface area is 132 Å². The van der Waals surface area contributed by atoms with Crippen LogP contribution in [-0.2, 0) is 12.8 Å². The van der Waals surface area contributed by atoms with Gasteiger partial charge in [0.2, 0.25) is 0 Å². The minimum Gasteiger partial charge on any atom is -0.389 e. The molecule has 2 heterocycles. The molecule has 1 saturated heterocycles. The molecule has 1 aromatic heterocycles. The van der Waals surface area contributed by atoms with E-state index in [0.29, 0.717) is 4.99 Å². The van der Waals surface area contributed by atoms with Crippen LogP contribution in [0.15, 0.2) is 6.07 Å². The fourth-order valence-corrected chi connectivity index (χ4v) is 3.75. The molecule has 0 spiro atoms. The third kappa shape index (κ3) is 3.05. The first kappa shape index (κ1) is 14.8. The summed E-state index contributed by atoms with van der Waals surface area (Å²) in [6.07, 6.45) is 8.53. The summed E-state index contributed by atoms with van der Waals surface area (Å²) in [5.41, 5.74) is 9.59. The van der Waals surface area contributed by atoms with E-state index in [9.17, 15) is 0 Å². The first-order valence-electron chi connectivity index (χ1n) is 8.26. The Bertz CT molecular complexity index is 533. The molecule has 3 rings (SSSR count). The summed E-state index contributed by atoms with van der Waals surface area (Å²) in [5, 5.41) is 0. The van der Waals surface area contributed by atoms with Gasteiger partial charge in [-0.05, 0) is 56.1 Å². The summed E-state index contributed by atoms with van der Waals surface area (Å²) in [7, 11) is 0. The van der Waals surface area contributed by atoms with Gasteiger partial charge < -0.3 is 10.6 Å². The molecule has 0 saturated carbocycles. The summed E-state index contributed by atoms with van der Waals surface area (Å²) < 4.78 is 0. The fraction of sp³-hybridized carbons (Fsp3) is 0.647. The van der Waals surface area contributed by atoms with Crippen molar-refractivity contribution in [1.29, 1.82) is 0 Å². The van der Waals surface area contributed by atoms with Gasteiger partial charge in [0.25, 0.3) is 0 Å². The van der Waals surface area contributed by atoms with E-state index in [4.69, 9.17) is 22.9 Å². The van der Waals surface area contributed by atoms with Crippen LogP contribution >= 0.6 is 12.2 Å². The van der Waals surface area contributed by atoms with Crippen molar-refractivity contribution in [2.24, 2.45) is 11.7 Å². The number of fused-ring (bicyclic) bond motifs is 1. The minimum atomic E-state index is 0.489. The van der Waals surface area contributed by atoms with Gasteiger partial charge in [-0.1, -0.05) is 25.6 Å².